The minimum atomic E-state index is -4.43. The van der Waals surface area contributed by atoms with E-state index in [0.29, 0.717) is 18.4 Å². The molecule has 0 saturated heterocycles. The number of carbonyl (C=O) groups excluding carboxylic acids is 1. The molecule has 1 fully saturated rings. The Kier molecular flexibility index (Phi) is 4.79. The van der Waals surface area contributed by atoms with Gasteiger partial charge in [-0.05, 0) is 42.0 Å². The average Bonchev–Trinajstić information content (AvgIpc) is 3.36. The fourth-order valence-corrected chi connectivity index (χ4v) is 3.06. The van der Waals surface area contributed by atoms with Crippen LogP contribution in [0.4, 0.5) is 17.6 Å². The van der Waals surface area contributed by atoms with Crippen LogP contribution >= 0.6 is 0 Å². The van der Waals surface area contributed by atoms with Crippen LogP contribution in [0.25, 0.3) is 0 Å². The van der Waals surface area contributed by atoms with Crippen LogP contribution in [0.1, 0.15) is 29.0 Å². The Balaban J connectivity index is 1.57. The summed E-state index contributed by atoms with van der Waals surface area (Å²) in [4.78, 5) is 12.1. The molecule has 0 aliphatic heterocycles. The maximum atomic E-state index is 13.5. The number of carbonyl (C=O) groups is 1. The van der Waals surface area contributed by atoms with Gasteiger partial charge in [-0.1, -0.05) is 36.4 Å². The number of hydrogen-bond donors (Lipinski definition) is 1. The third-order valence-electron chi connectivity index (χ3n) is 4.44. The normalized spacial score (nSPS) is 19.5. The van der Waals surface area contributed by atoms with Gasteiger partial charge >= 0.3 is 6.18 Å². The van der Waals surface area contributed by atoms with Crippen molar-refractivity contribution in [3.63, 3.8) is 0 Å². The van der Waals surface area contributed by atoms with Crippen LogP contribution in [0.2, 0.25) is 0 Å². The van der Waals surface area contributed by atoms with Gasteiger partial charge in [0.15, 0.2) is 0 Å². The van der Waals surface area contributed by atoms with Crippen molar-refractivity contribution in [1.82, 2.24) is 5.32 Å². The molecular weight excluding hydrogens is 334 g/mol. The second kappa shape index (κ2) is 6.86. The molecule has 2 unspecified atom stereocenters. The summed E-state index contributed by atoms with van der Waals surface area (Å²) < 4.78 is 52.7. The molecule has 2 atom stereocenters. The first-order chi connectivity index (χ1) is 11.9. The summed E-state index contributed by atoms with van der Waals surface area (Å²) in [5.41, 5.74) is -0.0107. The SMILES string of the molecule is O=C(NCCc1ccccc1F)C1CC1c1ccccc1C(F)(F)F. The largest absolute Gasteiger partial charge is 0.416 e. The van der Waals surface area contributed by atoms with Gasteiger partial charge in [0.1, 0.15) is 5.82 Å². The Labute approximate surface area is 142 Å². The van der Waals surface area contributed by atoms with Crippen LogP contribution in [0.5, 0.6) is 0 Å². The number of halogens is 4. The zero-order valence-corrected chi connectivity index (χ0v) is 13.3. The van der Waals surface area contributed by atoms with E-state index in [0.717, 1.165) is 6.07 Å². The molecule has 25 heavy (non-hydrogen) atoms. The lowest BCUT2D eigenvalue weighted by molar-refractivity contribution is -0.138. The van der Waals surface area contributed by atoms with Crippen molar-refractivity contribution in [3.8, 4) is 0 Å². The van der Waals surface area contributed by atoms with E-state index < -0.39 is 23.6 Å². The number of alkyl halides is 3. The summed E-state index contributed by atoms with van der Waals surface area (Å²) in [5, 5.41) is 2.69. The number of rotatable bonds is 5. The number of nitrogens with one attached hydrogen (secondary N) is 1. The van der Waals surface area contributed by atoms with Gasteiger partial charge in [-0.25, -0.2) is 4.39 Å². The summed E-state index contributed by atoms with van der Waals surface area (Å²) in [7, 11) is 0. The van der Waals surface area contributed by atoms with Gasteiger partial charge < -0.3 is 5.32 Å². The molecule has 6 heteroatoms. The monoisotopic (exact) mass is 351 g/mol. The van der Waals surface area contributed by atoms with E-state index in [2.05, 4.69) is 5.32 Å². The molecule has 0 aromatic heterocycles. The Morgan fingerprint density at radius 3 is 2.48 bits per heavy atom. The Hall–Kier alpha value is -2.37. The van der Waals surface area contributed by atoms with E-state index in [1.807, 2.05) is 0 Å². The minimum Gasteiger partial charge on any atom is -0.356 e. The van der Waals surface area contributed by atoms with E-state index in [-0.39, 0.29) is 23.8 Å². The van der Waals surface area contributed by atoms with Gasteiger partial charge in [0.25, 0.3) is 0 Å². The van der Waals surface area contributed by atoms with E-state index in [1.54, 1.807) is 24.3 Å². The second-order valence-corrected chi connectivity index (χ2v) is 6.17. The third kappa shape index (κ3) is 4.00. The van der Waals surface area contributed by atoms with Crippen molar-refractivity contribution in [2.24, 2.45) is 5.92 Å². The van der Waals surface area contributed by atoms with Crippen molar-refractivity contribution in [3.05, 3.63) is 71.0 Å². The van der Waals surface area contributed by atoms with Crippen molar-refractivity contribution in [2.75, 3.05) is 6.54 Å². The topological polar surface area (TPSA) is 29.1 Å². The van der Waals surface area contributed by atoms with Gasteiger partial charge in [0.2, 0.25) is 5.91 Å². The van der Waals surface area contributed by atoms with E-state index >= 15 is 0 Å². The average molecular weight is 351 g/mol. The summed E-state index contributed by atoms with van der Waals surface area (Å²) in [6.07, 6.45) is -3.68. The molecule has 2 aromatic carbocycles. The molecule has 0 bridgehead atoms. The van der Waals surface area contributed by atoms with Gasteiger partial charge in [-0.2, -0.15) is 13.2 Å². The number of amides is 1. The zero-order valence-electron chi connectivity index (χ0n) is 13.3. The Bertz CT molecular complexity index is 772. The maximum absolute atomic E-state index is 13.5. The molecule has 0 heterocycles. The Morgan fingerprint density at radius 2 is 1.76 bits per heavy atom. The molecule has 2 aromatic rings. The maximum Gasteiger partial charge on any atom is 0.416 e. The van der Waals surface area contributed by atoms with Crippen LogP contribution in [0.3, 0.4) is 0 Å². The summed E-state index contributed by atoms with van der Waals surface area (Å²) in [5.74, 6) is -1.48. The second-order valence-electron chi connectivity index (χ2n) is 6.17. The smallest absolute Gasteiger partial charge is 0.356 e. The van der Waals surface area contributed by atoms with Crippen molar-refractivity contribution in [1.29, 1.82) is 0 Å². The molecule has 1 aliphatic rings. The van der Waals surface area contributed by atoms with E-state index in [1.165, 1.54) is 18.2 Å². The summed E-state index contributed by atoms with van der Waals surface area (Å²) in [6.45, 7) is 0.254. The lowest BCUT2D eigenvalue weighted by Gasteiger charge is -2.12. The molecule has 3 rings (SSSR count). The van der Waals surface area contributed by atoms with Gasteiger partial charge in [-0.15, -0.1) is 0 Å². The lowest BCUT2D eigenvalue weighted by Crippen LogP contribution is -2.27. The lowest BCUT2D eigenvalue weighted by atomic mass is 10.0. The van der Waals surface area contributed by atoms with Crippen LogP contribution in [-0.4, -0.2) is 12.5 Å². The molecule has 1 N–H and O–H groups in total. The van der Waals surface area contributed by atoms with Crippen LogP contribution in [0, 0.1) is 11.7 Å². The number of benzene rings is 2. The van der Waals surface area contributed by atoms with Gasteiger partial charge in [0, 0.05) is 12.5 Å². The summed E-state index contributed by atoms with van der Waals surface area (Å²) >= 11 is 0. The third-order valence-corrected chi connectivity index (χ3v) is 4.44. The van der Waals surface area contributed by atoms with E-state index in [4.69, 9.17) is 0 Å². The van der Waals surface area contributed by atoms with Gasteiger partial charge in [-0.3, -0.25) is 4.79 Å². The molecule has 2 nitrogen and oxygen atoms in total. The highest BCUT2D eigenvalue weighted by molar-refractivity contribution is 5.83. The minimum absolute atomic E-state index is 0.171. The fourth-order valence-electron chi connectivity index (χ4n) is 3.06. The first-order valence-electron chi connectivity index (χ1n) is 8.05. The zero-order chi connectivity index (χ0) is 18.0. The van der Waals surface area contributed by atoms with Gasteiger partial charge in [0.05, 0.1) is 5.56 Å². The predicted molar refractivity (Wildman–Crippen MR) is 85.4 cm³/mol. The number of hydrogen-bond acceptors (Lipinski definition) is 1. The molecule has 132 valence electrons. The van der Waals surface area contributed by atoms with Crippen molar-refractivity contribution in [2.45, 2.75) is 24.9 Å². The quantitative estimate of drug-likeness (QED) is 0.800. The molecule has 0 spiro atoms. The standard InChI is InChI=1S/C19H17F4NO/c20-17-8-4-1-5-12(17)9-10-24-18(25)15-11-14(15)13-6-2-3-7-16(13)19(21,22)23/h1-8,14-15H,9-11H2,(H,24,25). The first-order valence-corrected chi connectivity index (χ1v) is 8.05. The molecular formula is C19H17F4NO. The van der Waals surface area contributed by atoms with E-state index in [9.17, 15) is 22.4 Å². The van der Waals surface area contributed by atoms with Crippen LogP contribution < -0.4 is 5.32 Å². The molecule has 1 saturated carbocycles. The van der Waals surface area contributed by atoms with Crippen LogP contribution in [-0.2, 0) is 17.4 Å². The molecule has 0 radical (unpaired) electrons. The molecule has 1 aliphatic carbocycles. The highest BCUT2D eigenvalue weighted by Crippen LogP contribution is 2.50. The van der Waals surface area contributed by atoms with Crippen molar-refractivity contribution < 1.29 is 22.4 Å². The first kappa shape index (κ1) is 17.5. The molecule has 1 amide bonds. The Morgan fingerprint density at radius 1 is 1.08 bits per heavy atom. The highest BCUT2D eigenvalue weighted by atomic mass is 19.4. The highest BCUT2D eigenvalue weighted by Gasteiger charge is 2.47. The summed E-state index contributed by atoms with van der Waals surface area (Å²) in [6, 6.07) is 11.7. The fraction of sp³-hybridized carbons (Fsp3) is 0.316. The predicted octanol–water partition coefficient (Wildman–Crippen LogP) is 4.31. The van der Waals surface area contributed by atoms with Crippen molar-refractivity contribution >= 4 is 5.91 Å². The van der Waals surface area contributed by atoms with Crippen LogP contribution in [0.15, 0.2) is 48.5 Å².